The molecular formula is C20H21N3O4S2. The zero-order valence-electron chi connectivity index (χ0n) is 16.5. The predicted octanol–water partition coefficient (Wildman–Crippen LogP) is 4.42. The van der Waals surface area contributed by atoms with E-state index in [0.29, 0.717) is 27.9 Å². The summed E-state index contributed by atoms with van der Waals surface area (Å²) in [4.78, 5) is 12.7. The van der Waals surface area contributed by atoms with Crippen molar-refractivity contribution in [2.75, 3.05) is 26.6 Å². The summed E-state index contributed by atoms with van der Waals surface area (Å²) in [6.45, 7) is 2.08. The molecule has 0 unspecified atom stereocenters. The summed E-state index contributed by atoms with van der Waals surface area (Å²) in [5.41, 5.74) is 2.85. The van der Waals surface area contributed by atoms with Gasteiger partial charge >= 0.3 is 0 Å². The number of ether oxygens (including phenoxy) is 3. The van der Waals surface area contributed by atoms with E-state index in [9.17, 15) is 4.79 Å². The van der Waals surface area contributed by atoms with Gasteiger partial charge in [-0.15, -0.1) is 10.2 Å². The third-order valence-corrected chi connectivity index (χ3v) is 6.19. The molecule has 0 saturated heterocycles. The fourth-order valence-electron chi connectivity index (χ4n) is 2.61. The van der Waals surface area contributed by atoms with E-state index < -0.39 is 0 Å². The van der Waals surface area contributed by atoms with Crippen LogP contribution in [0.4, 0.5) is 5.13 Å². The molecule has 3 aromatic rings. The van der Waals surface area contributed by atoms with Crippen molar-refractivity contribution in [3.05, 3.63) is 53.1 Å². The number of carbonyl (C=O) groups excluding carboxylic acids is 1. The summed E-state index contributed by atoms with van der Waals surface area (Å²) in [5, 5.41) is 11.4. The van der Waals surface area contributed by atoms with E-state index in [1.165, 1.54) is 43.8 Å². The van der Waals surface area contributed by atoms with Crippen LogP contribution in [0.3, 0.4) is 0 Å². The molecule has 0 aliphatic rings. The summed E-state index contributed by atoms with van der Waals surface area (Å²) in [6.07, 6.45) is 0. The maximum absolute atomic E-state index is 12.7. The van der Waals surface area contributed by atoms with E-state index in [0.717, 1.165) is 10.1 Å². The highest BCUT2D eigenvalue weighted by Crippen LogP contribution is 2.38. The fourth-order valence-corrected chi connectivity index (χ4v) is 4.43. The zero-order valence-corrected chi connectivity index (χ0v) is 18.1. The molecule has 0 aliphatic carbocycles. The van der Waals surface area contributed by atoms with Gasteiger partial charge in [-0.1, -0.05) is 47.4 Å². The third kappa shape index (κ3) is 4.99. The van der Waals surface area contributed by atoms with Gasteiger partial charge in [0.1, 0.15) is 0 Å². The van der Waals surface area contributed by atoms with E-state index in [1.807, 2.05) is 12.1 Å². The Hall–Kier alpha value is -2.78. The lowest BCUT2D eigenvalue weighted by molar-refractivity contribution is 0.102. The third-order valence-electron chi connectivity index (χ3n) is 4.17. The molecular weight excluding hydrogens is 410 g/mol. The fraction of sp³-hybridized carbons (Fsp3) is 0.250. The van der Waals surface area contributed by atoms with Crippen LogP contribution in [-0.4, -0.2) is 37.4 Å². The lowest BCUT2D eigenvalue weighted by Crippen LogP contribution is -2.12. The van der Waals surface area contributed by atoms with Crippen molar-refractivity contribution in [3.63, 3.8) is 0 Å². The minimum Gasteiger partial charge on any atom is -0.493 e. The molecule has 0 aliphatic heterocycles. The number of hydrogen-bond donors (Lipinski definition) is 1. The first kappa shape index (κ1) is 20.9. The van der Waals surface area contributed by atoms with Crippen LogP contribution in [0.15, 0.2) is 40.7 Å². The van der Waals surface area contributed by atoms with Gasteiger partial charge in [0.15, 0.2) is 15.8 Å². The molecule has 7 nitrogen and oxygen atoms in total. The van der Waals surface area contributed by atoms with Crippen LogP contribution < -0.4 is 19.5 Å². The van der Waals surface area contributed by atoms with Gasteiger partial charge in [0, 0.05) is 11.3 Å². The molecule has 1 aromatic heterocycles. The van der Waals surface area contributed by atoms with Gasteiger partial charge in [-0.25, -0.2) is 0 Å². The number of nitrogens with one attached hydrogen (secondary N) is 1. The van der Waals surface area contributed by atoms with Crippen LogP contribution >= 0.6 is 23.1 Å². The van der Waals surface area contributed by atoms with Crippen molar-refractivity contribution in [3.8, 4) is 17.2 Å². The first-order chi connectivity index (χ1) is 14.0. The number of rotatable bonds is 8. The first-order valence-corrected chi connectivity index (χ1v) is 10.5. The lowest BCUT2D eigenvalue weighted by atomic mass is 10.1. The molecule has 1 N–H and O–H groups in total. The molecule has 0 radical (unpaired) electrons. The second-order valence-corrected chi connectivity index (χ2v) is 8.16. The molecule has 0 fully saturated rings. The highest BCUT2D eigenvalue weighted by Gasteiger charge is 2.18. The van der Waals surface area contributed by atoms with Crippen molar-refractivity contribution in [2.45, 2.75) is 17.0 Å². The van der Waals surface area contributed by atoms with Crippen LogP contribution in [0.25, 0.3) is 0 Å². The molecule has 2 aromatic carbocycles. The van der Waals surface area contributed by atoms with Gasteiger partial charge in [0.2, 0.25) is 10.9 Å². The topological polar surface area (TPSA) is 82.6 Å². The highest BCUT2D eigenvalue weighted by molar-refractivity contribution is 8.00. The van der Waals surface area contributed by atoms with Gasteiger partial charge < -0.3 is 14.2 Å². The average molecular weight is 432 g/mol. The molecule has 0 bridgehead atoms. The summed E-state index contributed by atoms with van der Waals surface area (Å²) in [7, 11) is 4.51. The Labute approximate surface area is 177 Å². The molecule has 0 saturated carbocycles. The summed E-state index contributed by atoms with van der Waals surface area (Å²) in [5.74, 6) is 1.70. The second kappa shape index (κ2) is 9.62. The minimum atomic E-state index is -0.337. The van der Waals surface area contributed by atoms with Crippen molar-refractivity contribution >= 4 is 34.1 Å². The number of anilines is 1. The maximum atomic E-state index is 12.7. The molecule has 1 heterocycles. The molecule has 3 rings (SSSR count). The Morgan fingerprint density at radius 2 is 1.76 bits per heavy atom. The van der Waals surface area contributed by atoms with Crippen LogP contribution in [-0.2, 0) is 5.75 Å². The largest absolute Gasteiger partial charge is 0.493 e. The Balaban J connectivity index is 1.69. The van der Waals surface area contributed by atoms with Crippen molar-refractivity contribution in [1.29, 1.82) is 0 Å². The van der Waals surface area contributed by atoms with Crippen LogP contribution in [0.2, 0.25) is 0 Å². The highest BCUT2D eigenvalue weighted by atomic mass is 32.2. The van der Waals surface area contributed by atoms with E-state index in [2.05, 4.69) is 34.6 Å². The normalized spacial score (nSPS) is 10.5. The number of hydrogen-bond acceptors (Lipinski definition) is 8. The van der Waals surface area contributed by atoms with Gasteiger partial charge in [0.25, 0.3) is 5.91 Å². The Morgan fingerprint density at radius 1 is 1.07 bits per heavy atom. The van der Waals surface area contributed by atoms with E-state index in [4.69, 9.17) is 14.2 Å². The molecule has 0 spiro atoms. The van der Waals surface area contributed by atoms with Gasteiger partial charge in [-0.2, -0.15) is 0 Å². The maximum Gasteiger partial charge on any atom is 0.257 e. The predicted molar refractivity (Wildman–Crippen MR) is 115 cm³/mol. The number of carbonyl (C=O) groups is 1. The Kier molecular flexibility index (Phi) is 6.95. The number of aryl methyl sites for hydroxylation is 1. The number of nitrogens with zero attached hydrogens (tertiary/aromatic N) is 2. The number of thioether (sulfide) groups is 1. The molecule has 9 heteroatoms. The van der Waals surface area contributed by atoms with Crippen molar-refractivity contribution in [2.24, 2.45) is 0 Å². The Bertz CT molecular complexity index is 982. The van der Waals surface area contributed by atoms with E-state index >= 15 is 0 Å². The molecule has 1 amide bonds. The van der Waals surface area contributed by atoms with Crippen LogP contribution in [0.1, 0.15) is 21.5 Å². The second-order valence-electron chi connectivity index (χ2n) is 5.96. The SMILES string of the molecule is COc1cc(C(=O)Nc2nnc(SCc3ccccc3C)s2)cc(OC)c1OC. The van der Waals surface area contributed by atoms with Crippen LogP contribution in [0, 0.1) is 6.92 Å². The number of amides is 1. The molecule has 152 valence electrons. The zero-order chi connectivity index (χ0) is 20.8. The van der Waals surface area contributed by atoms with Gasteiger partial charge in [-0.05, 0) is 30.2 Å². The smallest absolute Gasteiger partial charge is 0.257 e. The number of benzene rings is 2. The first-order valence-electron chi connectivity index (χ1n) is 8.68. The van der Waals surface area contributed by atoms with Gasteiger partial charge in [-0.3, -0.25) is 10.1 Å². The van der Waals surface area contributed by atoms with Crippen molar-refractivity contribution < 1.29 is 19.0 Å². The molecule has 29 heavy (non-hydrogen) atoms. The number of aromatic nitrogens is 2. The monoisotopic (exact) mass is 431 g/mol. The van der Waals surface area contributed by atoms with Crippen LogP contribution in [0.5, 0.6) is 17.2 Å². The van der Waals surface area contributed by atoms with Crippen molar-refractivity contribution in [1.82, 2.24) is 10.2 Å². The van der Waals surface area contributed by atoms with E-state index in [-0.39, 0.29) is 5.91 Å². The van der Waals surface area contributed by atoms with E-state index in [1.54, 1.807) is 23.9 Å². The van der Waals surface area contributed by atoms with Gasteiger partial charge in [0.05, 0.1) is 21.3 Å². The average Bonchev–Trinajstić information content (AvgIpc) is 3.19. The minimum absolute atomic E-state index is 0.337. The lowest BCUT2D eigenvalue weighted by Gasteiger charge is -2.13. The molecule has 0 atom stereocenters. The summed E-state index contributed by atoms with van der Waals surface area (Å²) < 4.78 is 16.7. The standard InChI is InChI=1S/C20H21N3O4S2/c1-12-7-5-6-8-13(12)11-28-20-23-22-19(29-20)21-18(24)14-9-15(25-2)17(27-4)16(10-14)26-3/h5-10H,11H2,1-4H3,(H,21,22,24). The summed E-state index contributed by atoms with van der Waals surface area (Å²) in [6, 6.07) is 11.4. The summed E-state index contributed by atoms with van der Waals surface area (Å²) >= 11 is 2.92. The Morgan fingerprint density at radius 3 is 2.38 bits per heavy atom. The quantitative estimate of drug-likeness (QED) is 0.418. The number of methoxy groups -OCH3 is 3.